The Morgan fingerprint density at radius 3 is 2.66 bits per heavy atom. The van der Waals surface area contributed by atoms with Crippen molar-refractivity contribution in [3.63, 3.8) is 0 Å². The molecule has 2 aliphatic rings. The summed E-state index contributed by atoms with van der Waals surface area (Å²) in [5, 5.41) is 11.5. The van der Waals surface area contributed by atoms with E-state index in [1.807, 2.05) is 0 Å². The number of methoxy groups -OCH3 is 1. The number of nitrogens with zero attached hydrogens (tertiary/aromatic N) is 2. The number of hydrogen-bond donors (Lipinski definition) is 1. The van der Waals surface area contributed by atoms with Gasteiger partial charge in [-0.3, -0.25) is 14.5 Å². The Bertz CT molecular complexity index is 1480. The molecule has 0 aliphatic carbocycles. The minimum atomic E-state index is -1.04. The zero-order valence-corrected chi connectivity index (χ0v) is 21.7. The maximum Gasteiger partial charge on any atom is 0.350 e. The van der Waals surface area contributed by atoms with E-state index in [9.17, 15) is 19.5 Å². The van der Waals surface area contributed by atoms with Gasteiger partial charge < -0.3 is 24.1 Å². The highest BCUT2D eigenvalue weighted by Crippen LogP contribution is 2.45. The number of carbonyl (C=O) groups excluding carboxylic acids is 3. The molecule has 38 heavy (non-hydrogen) atoms. The Kier molecular flexibility index (Phi) is 6.77. The number of aryl methyl sites for hydroxylation is 1. The molecule has 2 aliphatic heterocycles. The highest BCUT2D eigenvalue weighted by Gasteiger charge is 2.48. The van der Waals surface area contributed by atoms with Crippen molar-refractivity contribution in [3.05, 3.63) is 69.7 Å². The van der Waals surface area contributed by atoms with Crippen molar-refractivity contribution in [2.24, 2.45) is 0 Å². The quantitative estimate of drug-likeness (QED) is 0.215. The molecule has 3 aromatic rings. The van der Waals surface area contributed by atoms with Gasteiger partial charge in [0.2, 0.25) is 0 Å². The molecule has 5 rings (SSSR count). The molecule has 1 atom stereocenters. The lowest BCUT2D eigenvalue weighted by Gasteiger charge is -2.23. The zero-order chi connectivity index (χ0) is 27.0. The summed E-state index contributed by atoms with van der Waals surface area (Å²) in [6, 6.07) is 10.6. The second-order valence-electron chi connectivity index (χ2n) is 8.44. The number of thiazole rings is 1. The summed E-state index contributed by atoms with van der Waals surface area (Å²) in [5.74, 6) is -1.30. The Morgan fingerprint density at radius 2 is 1.92 bits per heavy atom. The van der Waals surface area contributed by atoms with Crippen LogP contribution in [0.25, 0.3) is 5.76 Å². The number of ether oxygens (including phenoxy) is 4. The summed E-state index contributed by atoms with van der Waals surface area (Å²) in [7, 11) is 1.50. The average Bonchev–Trinajstić information content (AvgIpc) is 3.44. The van der Waals surface area contributed by atoms with Crippen molar-refractivity contribution in [1.29, 1.82) is 0 Å². The van der Waals surface area contributed by atoms with E-state index < -0.39 is 23.7 Å². The zero-order valence-electron chi connectivity index (χ0n) is 20.8. The SMILES string of the molecule is CCOC(=O)c1sc(N2C(=O)C(=O)/C(=C(/O)c3ccc4c(c3)OCCO4)C2c2cccc(OC)c2)nc1C. The number of aliphatic hydroxyl groups is 1. The minimum Gasteiger partial charge on any atom is -0.507 e. The van der Waals surface area contributed by atoms with E-state index in [4.69, 9.17) is 18.9 Å². The number of aromatic nitrogens is 1. The Labute approximate surface area is 222 Å². The monoisotopic (exact) mass is 536 g/mol. The fourth-order valence-electron chi connectivity index (χ4n) is 4.37. The van der Waals surface area contributed by atoms with E-state index in [2.05, 4.69) is 4.98 Å². The number of amides is 1. The lowest BCUT2D eigenvalue weighted by Crippen LogP contribution is -2.29. The molecule has 1 saturated heterocycles. The van der Waals surface area contributed by atoms with Crippen LogP contribution in [0, 0.1) is 6.92 Å². The predicted octanol–water partition coefficient (Wildman–Crippen LogP) is 4.03. The molecule has 3 heterocycles. The second kappa shape index (κ2) is 10.2. The molecular weight excluding hydrogens is 512 g/mol. The smallest absolute Gasteiger partial charge is 0.350 e. The number of carbonyl (C=O) groups is 3. The molecular formula is C27H24N2O8S. The van der Waals surface area contributed by atoms with Crippen molar-refractivity contribution in [2.75, 3.05) is 31.8 Å². The fraction of sp³-hybridized carbons (Fsp3) is 0.259. The molecule has 1 amide bonds. The van der Waals surface area contributed by atoms with Crippen LogP contribution in [0.15, 0.2) is 48.0 Å². The van der Waals surface area contributed by atoms with E-state index in [1.165, 1.54) is 12.0 Å². The first-order valence-corrected chi connectivity index (χ1v) is 12.6. The van der Waals surface area contributed by atoms with Gasteiger partial charge in [-0.2, -0.15) is 0 Å². The fourth-order valence-corrected chi connectivity index (χ4v) is 5.36. The molecule has 11 heteroatoms. The summed E-state index contributed by atoms with van der Waals surface area (Å²) >= 11 is 0.942. The van der Waals surface area contributed by atoms with Gasteiger partial charge in [0.25, 0.3) is 5.78 Å². The number of fused-ring (bicyclic) bond motifs is 1. The third-order valence-corrected chi connectivity index (χ3v) is 7.26. The molecule has 1 unspecified atom stereocenters. The van der Waals surface area contributed by atoms with Gasteiger partial charge in [0.1, 0.15) is 29.6 Å². The van der Waals surface area contributed by atoms with E-state index >= 15 is 0 Å². The maximum absolute atomic E-state index is 13.4. The first-order valence-electron chi connectivity index (χ1n) is 11.8. The standard InChI is InChI=1S/C27H24N2O8S/c1-4-35-26(33)24-14(2)28-27(38-24)29-21(15-6-5-7-17(12-15)34-3)20(23(31)25(29)32)22(30)16-8-9-18-19(13-16)37-11-10-36-18/h5-9,12-13,21,30H,4,10-11H2,1-3H3/b22-20+. The van der Waals surface area contributed by atoms with Crippen LogP contribution in [-0.4, -0.2) is 54.7 Å². The first kappa shape index (κ1) is 25.3. The van der Waals surface area contributed by atoms with Crippen molar-refractivity contribution in [1.82, 2.24) is 4.98 Å². The summed E-state index contributed by atoms with van der Waals surface area (Å²) in [6.45, 7) is 4.24. The van der Waals surface area contributed by atoms with Crippen molar-refractivity contribution in [3.8, 4) is 17.2 Å². The number of ketones is 1. The van der Waals surface area contributed by atoms with E-state index in [0.29, 0.717) is 41.7 Å². The number of Topliss-reactive ketones (excluding diaryl/α,β-unsaturated/α-hetero) is 1. The Balaban J connectivity index is 1.68. The van der Waals surface area contributed by atoms with Crippen molar-refractivity contribution >= 4 is 39.9 Å². The highest BCUT2D eigenvalue weighted by atomic mass is 32.1. The van der Waals surface area contributed by atoms with Gasteiger partial charge in [0, 0.05) is 5.56 Å². The lowest BCUT2D eigenvalue weighted by atomic mass is 9.95. The number of hydrogen-bond acceptors (Lipinski definition) is 10. The highest BCUT2D eigenvalue weighted by molar-refractivity contribution is 7.17. The molecule has 1 aromatic heterocycles. The van der Waals surface area contributed by atoms with Crippen molar-refractivity contribution < 1.29 is 38.4 Å². The number of aliphatic hydroxyl groups excluding tert-OH is 1. The average molecular weight is 537 g/mol. The van der Waals surface area contributed by atoms with Gasteiger partial charge in [-0.1, -0.05) is 23.5 Å². The predicted molar refractivity (Wildman–Crippen MR) is 138 cm³/mol. The third-order valence-electron chi connectivity index (χ3n) is 6.12. The molecule has 196 valence electrons. The molecule has 0 saturated carbocycles. The van der Waals surface area contributed by atoms with Crippen LogP contribution in [-0.2, 0) is 14.3 Å². The van der Waals surface area contributed by atoms with Gasteiger partial charge in [0.05, 0.1) is 31.0 Å². The Hall–Kier alpha value is -4.38. The van der Waals surface area contributed by atoms with E-state index in [0.717, 1.165) is 11.3 Å². The van der Waals surface area contributed by atoms with E-state index in [-0.39, 0.29) is 33.5 Å². The van der Waals surface area contributed by atoms with Gasteiger partial charge in [-0.25, -0.2) is 9.78 Å². The topological polar surface area (TPSA) is 124 Å². The van der Waals surface area contributed by atoms with Crippen LogP contribution in [0.4, 0.5) is 5.13 Å². The van der Waals surface area contributed by atoms with Crippen LogP contribution >= 0.6 is 11.3 Å². The summed E-state index contributed by atoms with van der Waals surface area (Å²) < 4.78 is 21.6. The number of esters is 1. The molecule has 0 bridgehead atoms. The second-order valence-corrected chi connectivity index (χ2v) is 9.41. The normalized spacial score (nSPS) is 18.0. The largest absolute Gasteiger partial charge is 0.507 e. The maximum atomic E-state index is 13.4. The van der Waals surface area contributed by atoms with Gasteiger partial charge in [-0.15, -0.1) is 0 Å². The lowest BCUT2D eigenvalue weighted by molar-refractivity contribution is -0.132. The summed E-state index contributed by atoms with van der Waals surface area (Å²) in [4.78, 5) is 45.2. The molecule has 1 N–H and O–H groups in total. The van der Waals surface area contributed by atoms with Crippen LogP contribution in [0.3, 0.4) is 0 Å². The number of benzene rings is 2. The molecule has 1 fully saturated rings. The molecule has 0 spiro atoms. The first-order chi connectivity index (χ1) is 18.3. The van der Waals surface area contributed by atoms with Crippen LogP contribution < -0.4 is 19.1 Å². The number of rotatable bonds is 6. The third kappa shape index (κ3) is 4.34. The summed E-state index contributed by atoms with van der Waals surface area (Å²) in [5.41, 5.74) is 1.02. The van der Waals surface area contributed by atoms with Gasteiger partial charge in [0.15, 0.2) is 16.6 Å². The molecule has 0 radical (unpaired) electrons. The van der Waals surface area contributed by atoms with Crippen molar-refractivity contribution in [2.45, 2.75) is 19.9 Å². The summed E-state index contributed by atoms with van der Waals surface area (Å²) in [6.07, 6.45) is 0. The molecule has 10 nitrogen and oxygen atoms in total. The van der Waals surface area contributed by atoms with Gasteiger partial charge >= 0.3 is 11.9 Å². The van der Waals surface area contributed by atoms with Gasteiger partial charge in [-0.05, 0) is 49.7 Å². The van der Waals surface area contributed by atoms with Crippen LogP contribution in [0.1, 0.15) is 39.5 Å². The minimum absolute atomic E-state index is 0.127. The molecule has 2 aromatic carbocycles. The van der Waals surface area contributed by atoms with Crippen LogP contribution in [0.2, 0.25) is 0 Å². The Morgan fingerprint density at radius 1 is 1.16 bits per heavy atom. The van der Waals surface area contributed by atoms with Crippen LogP contribution in [0.5, 0.6) is 17.2 Å². The number of anilines is 1. The van der Waals surface area contributed by atoms with E-state index in [1.54, 1.807) is 56.3 Å².